The Kier molecular flexibility index (Phi) is 6.96. The highest BCUT2D eigenvalue weighted by atomic mass is 35.5. The van der Waals surface area contributed by atoms with E-state index in [9.17, 15) is 4.79 Å². The maximum Gasteiger partial charge on any atom is 0.225 e. The van der Waals surface area contributed by atoms with Crippen LogP contribution in [0.4, 0.5) is 5.69 Å². The lowest BCUT2D eigenvalue weighted by atomic mass is 10.2. The van der Waals surface area contributed by atoms with Crippen LogP contribution in [0.15, 0.2) is 24.3 Å². The lowest BCUT2D eigenvalue weighted by Crippen LogP contribution is -2.50. The van der Waals surface area contributed by atoms with Gasteiger partial charge in [0, 0.05) is 50.0 Å². The summed E-state index contributed by atoms with van der Waals surface area (Å²) in [5, 5.41) is 4.01. The zero-order valence-electron chi connectivity index (χ0n) is 13.0. The van der Waals surface area contributed by atoms with Crippen molar-refractivity contribution in [1.82, 2.24) is 10.2 Å². The first-order valence-electron chi connectivity index (χ1n) is 7.83. The molecule has 3 rings (SSSR count). The number of rotatable bonds is 3. The maximum absolute atomic E-state index is 12.3. The molecule has 7 heteroatoms. The summed E-state index contributed by atoms with van der Waals surface area (Å²) in [6.45, 7) is 5.54. The Morgan fingerprint density at radius 3 is 2.74 bits per heavy atom. The number of nitrogens with zero attached hydrogens (tertiary/aromatic N) is 2. The van der Waals surface area contributed by atoms with E-state index in [2.05, 4.69) is 16.3 Å². The number of piperazine rings is 1. The van der Waals surface area contributed by atoms with Crippen LogP contribution in [0.1, 0.15) is 6.42 Å². The van der Waals surface area contributed by atoms with Crippen molar-refractivity contribution < 1.29 is 9.53 Å². The molecular formula is C16H23Cl2N3O2. The van der Waals surface area contributed by atoms with Gasteiger partial charge in [0.15, 0.2) is 0 Å². The monoisotopic (exact) mass is 359 g/mol. The first-order valence-corrected chi connectivity index (χ1v) is 8.21. The van der Waals surface area contributed by atoms with Crippen molar-refractivity contribution in [2.45, 2.75) is 12.5 Å². The number of benzene rings is 1. The van der Waals surface area contributed by atoms with Gasteiger partial charge in [-0.3, -0.25) is 4.79 Å². The number of ether oxygens (including phenoxy) is 1. The Bertz CT molecular complexity index is 516. The van der Waals surface area contributed by atoms with Crippen molar-refractivity contribution in [2.75, 3.05) is 50.8 Å². The smallest absolute Gasteiger partial charge is 0.225 e. The Morgan fingerprint density at radius 2 is 2.09 bits per heavy atom. The van der Waals surface area contributed by atoms with E-state index in [0.717, 1.165) is 50.0 Å². The van der Waals surface area contributed by atoms with Crippen LogP contribution in [-0.2, 0) is 9.53 Å². The van der Waals surface area contributed by atoms with Crippen LogP contribution < -0.4 is 10.2 Å². The number of hydrogen-bond donors (Lipinski definition) is 1. The fourth-order valence-electron chi connectivity index (χ4n) is 2.96. The number of nitrogens with one attached hydrogen (secondary N) is 1. The summed E-state index contributed by atoms with van der Waals surface area (Å²) >= 11 is 6.04. The van der Waals surface area contributed by atoms with Crippen LogP contribution in [-0.4, -0.2) is 62.8 Å². The van der Waals surface area contributed by atoms with Gasteiger partial charge in [-0.15, -0.1) is 12.4 Å². The predicted molar refractivity (Wildman–Crippen MR) is 94.7 cm³/mol. The van der Waals surface area contributed by atoms with Crippen molar-refractivity contribution in [1.29, 1.82) is 0 Å². The molecule has 1 aromatic rings. The Balaban J connectivity index is 0.00000192. The highest BCUT2D eigenvalue weighted by molar-refractivity contribution is 6.30. The lowest BCUT2D eigenvalue weighted by molar-refractivity contribution is -0.135. The number of amides is 1. The van der Waals surface area contributed by atoms with Gasteiger partial charge >= 0.3 is 0 Å². The number of carbonyl (C=O) groups is 1. The molecule has 0 bridgehead atoms. The number of carbonyl (C=O) groups excluding carboxylic acids is 1. The van der Waals surface area contributed by atoms with Gasteiger partial charge in [0.1, 0.15) is 0 Å². The molecular weight excluding hydrogens is 337 g/mol. The van der Waals surface area contributed by atoms with Gasteiger partial charge in [-0.05, 0) is 18.2 Å². The number of halogens is 2. The summed E-state index contributed by atoms with van der Waals surface area (Å²) < 4.78 is 5.61. The molecule has 128 valence electrons. The molecule has 2 saturated heterocycles. The van der Waals surface area contributed by atoms with Gasteiger partial charge in [-0.25, -0.2) is 0 Å². The fraction of sp³-hybridized carbons (Fsp3) is 0.562. The molecule has 1 aromatic carbocycles. The average molecular weight is 360 g/mol. The molecule has 5 nitrogen and oxygen atoms in total. The number of hydrogen-bond acceptors (Lipinski definition) is 4. The van der Waals surface area contributed by atoms with Gasteiger partial charge < -0.3 is 19.9 Å². The lowest BCUT2D eigenvalue weighted by Gasteiger charge is -2.37. The van der Waals surface area contributed by atoms with Crippen LogP contribution in [0, 0.1) is 0 Å². The third kappa shape index (κ3) is 4.98. The van der Waals surface area contributed by atoms with Crippen molar-refractivity contribution in [3.05, 3.63) is 29.3 Å². The summed E-state index contributed by atoms with van der Waals surface area (Å²) in [7, 11) is 0. The highest BCUT2D eigenvalue weighted by Gasteiger charge is 2.25. The molecule has 1 N–H and O–H groups in total. The second kappa shape index (κ2) is 8.73. The Morgan fingerprint density at radius 1 is 1.30 bits per heavy atom. The molecule has 1 unspecified atom stereocenters. The highest BCUT2D eigenvalue weighted by Crippen LogP contribution is 2.21. The molecule has 2 aliphatic heterocycles. The second-order valence-corrected chi connectivity index (χ2v) is 6.19. The summed E-state index contributed by atoms with van der Waals surface area (Å²) in [4.78, 5) is 16.6. The van der Waals surface area contributed by atoms with Gasteiger partial charge in [-0.2, -0.15) is 0 Å². The van der Waals surface area contributed by atoms with E-state index < -0.39 is 0 Å². The van der Waals surface area contributed by atoms with Crippen LogP contribution in [0.25, 0.3) is 0 Å². The van der Waals surface area contributed by atoms with E-state index in [1.807, 2.05) is 23.1 Å². The van der Waals surface area contributed by atoms with E-state index in [1.54, 1.807) is 0 Å². The van der Waals surface area contributed by atoms with Gasteiger partial charge in [-0.1, -0.05) is 17.7 Å². The first-order chi connectivity index (χ1) is 10.7. The number of anilines is 1. The standard InChI is InChI=1S/C16H22ClN3O2.ClH/c17-13-2-1-3-14(10-13)19-5-7-20(8-6-19)16(21)11-15-12-18-4-9-22-15;/h1-3,10,15,18H,4-9,11-12H2;1H. The molecule has 1 amide bonds. The summed E-state index contributed by atoms with van der Waals surface area (Å²) in [6.07, 6.45) is 0.497. The topological polar surface area (TPSA) is 44.8 Å². The predicted octanol–water partition coefficient (Wildman–Crippen LogP) is 1.79. The maximum atomic E-state index is 12.3. The molecule has 0 aliphatic carbocycles. The largest absolute Gasteiger partial charge is 0.375 e. The normalized spacial score (nSPS) is 21.7. The van der Waals surface area contributed by atoms with Crippen LogP contribution in [0.5, 0.6) is 0 Å². The quantitative estimate of drug-likeness (QED) is 0.893. The third-order valence-electron chi connectivity index (χ3n) is 4.21. The zero-order chi connectivity index (χ0) is 15.4. The Labute approximate surface area is 148 Å². The minimum Gasteiger partial charge on any atom is -0.375 e. The molecule has 0 aromatic heterocycles. The molecule has 0 radical (unpaired) electrons. The molecule has 1 atom stereocenters. The molecule has 2 fully saturated rings. The van der Waals surface area contributed by atoms with Crippen molar-refractivity contribution in [3.8, 4) is 0 Å². The summed E-state index contributed by atoms with van der Waals surface area (Å²) in [5.41, 5.74) is 1.12. The average Bonchev–Trinajstić information content (AvgIpc) is 2.56. The van der Waals surface area contributed by atoms with Crippen molar-refractivity contribution >= 4 is 35.6 Å². The van der Waals surface area contributed by atoms with E-state index in [4.69, 9.17) is 16.3 Å². The van der Waals surface area contributed by atoms with Crippen LogP contribution in [0.2, 0.25) is 5.02 Å². The van der Waals surface area contributed by atoms with Gasteiger partial charge in [0.2, 0.25) is 5.91 Å². The minimum atomic E-state index is 0. The molecule has 0 saturated carbocycles. The first kappa shape index (κ1) is 18.3. The van der Waals surface area contributed by atoms with Crippen molar-refractivity contribution in [2.24, 2.45) is 0 Å². The SMILES string of the molecule is Cl.O=C(CC1CNCCO1)N1CCN(c2cccc(Cl)c2)CC1. The van der Waals surface area contributed by atoms with E-state index in [0.29, 0.717) is 13.0 Å². The Hall–Kier alpha value is -1.01. The third-order valence-corrected chi connectivity index (χ3v) is 4.45. The van der Waals surface area contributed by atoms with Crippen LogP contribution in [0.3, 0.4) is 0 Å². The molecule has 23 heavy (non-hydrogen) atoms. The minimum absolute atomic E-state index is 0. The van der Waals surface area contributed by atoms with Gasteiger partial charge in [0.25, 0.3) is 0 Å². The molecule has 2 aliphatic rings. The fourth-order valence-corrected chi connectivity index (χ4v) is 3.15. The van der Waals surface area contributed by atoms with E-state index >= 15 is 0 Å². The van der Waals surface area contributed by atoms with E-state index in [1.165, 1.54) is 0 Å². The summed E-state index contributed by atoms with van der Waals surface area (Å²) in [6, 6.07) is 7.87. The van der Waals surface area contributed by atoms with E-state index in [-0.39, 0.29) is 24.4 Å². The number of morpholine rings is 1. The summed E-state index contributed by atoms with van der Waals surface area (Å²) in [5.74, 6) is 0.194. The van der Waals surface area contributed by atoms with Crippen LogP contribution >= 0.6 is 24.0 Å². The van der Waals surface area contributed by atoms with Crippen molar-refractivity contribution in [3.63, 3.8) is 0 Å². The molecule has 2 heterocycles. The molecule has 0 spiro atoms. The second-order valence-electron chi connectivity index (χ2n) is 5.75. The zero-order valence-corrected chi connectivity index (χ0v) is 14.6. The van der Waals surface area contributed by atoms with Gasteiger partial charge in [0.05, 0.1) is 19.1 Å².